The third kappa shape index (κ3) is 3.04. The van der Waals surface area contributed by atoms with E-state index in [2.05, 4.69) is 14.8 Å². The minimum absolute atomic E-state index is 0.0186. The van der Waals surface area contributed by atoms with E-state index in [-0.39, 0.29) is 5.91 Å². The zero-order chi connectivity index (χ0) is 18.1. The van der Waals surface area contributed by atoms with E-state index in [9.17, 15) is 4.79 Å². The summed E-state index contributed by atoms with van der Waals surface area (Å²) in [5.41, 5.74) is 1.60. The number of ether oxygens (including phenoxy) is 1. The van der Waals surface area contributed by atoms with E-state index in [1.54, 1.807) is 36.3 Å². The fraction of sp³-hybridized carbons (Fsp3) is 0.211. The van der Waals surface area contributed by atoms with Gasteiger partial charge in [-0.25, -0.2) is 0 Å². The number of carbonyl (C=O) groups excluding carboxylic acids is 1. The monoisotopic (exact) mass is 368 g/mol. The van der Waals surface area contributed by atoms with Crippen LogP contribution in [0.1, 0.15) is 16.2 Å². The SMILES string of the molecule is COc1ccc(C(=O)N2CCn3c(nnc3-c3ccc(Cl)cc3)C2)cc1. The molecule has 1 aliphatic heterocycles. The average Bonchev–Trinajstić information content (AvgIpc) is 3.11. The fourth-order valence-corrected chi connectivity index (χ4v) is 3.19. The van der Waals surface area contributed by atoms with Crippen molar-refractivity contribution in [3.05, 3.63) is 64.9 Å². The Morgan fingerprint density at radius 1 is 1.04 bits per heavy atom. The van der Waals surface area contributed by atoms with Gasteiger partial charge in [0, 0.05) is 29.2 Å². The maximum atomic E-state index is 12.7. The summed E-state index contributed by atoms with van der Waals surface area (Å²) in [5.74, 6) is 2.29. The maximum Gasteiger partial charge on any atom is 0.254 e. The normalized spacial score (nSPS) is 13.4. The summed E-state index contributed by atoms with van der Waals surface area (Å²) < 4.78 is 7.19. The number of halogens is 1. The Labute approximate surface area is 156 Å². The van der Waals surface area contributed by atoms with Gasteiger partial charge in [-0.05, 0) is 48.5 Å². The van der Waals surface area contributed by atoms with Crippen molar-refractivity contribution in [3.8, 4) is 17.1 Å². The molecule has 0 atom stereocenters. The predicted molar refractivity (Wildman–Crippen MR) is 98.2 cm³/mol. The van der Waals surface area contributed by atoms with Gasteiger partial charge < -0.3 is 14.2 Å². The second-order valence-electron chi connectivity index (χ2n) is 6.05. The molecule has 0 spiro atoms. The summed E-state index contributed by atoms with van der Waals surface area (Å²) in [6.45, 7) is 1.70. The summed E-state index contributed by atoms with van der Waals surface area (Å²) in [7, 11) is 1.60. The molecule has 3 aromatic rings. The Morgan fingerprint density at radius 2 is 1.77 bits per heavy atom. The van der Waals surface area contributed by atoms with Crippen LogP contribution >= 0.6 is 11.6 Å². The Kier molecular flexibility index (Phi) is 4.34. The van der Waals surface area contributed by atoms with Crippen LogP contribution in [0.2, 0.25) is 5.02 Å². The minimum Gasteiger partial charge on any atom is -0.497 e. The first-order valence-electron chi connectivity index (χ1n) is 8.27. The molecule has 2 aromatic carbocycles. The molecule has 1 amide bonds. The standard InChI is InChI=1S/C19H17ClN4O2/c1-26-16-8-4-14(5-9-16)19(25)23-10-11-24-17(12-23)21-22-18(24)13-2-6-15(20)7-3-13/h2-9H,10-12H2,1H3. The zero-order valence-corrected chi connectivity index (χ0v) is 15.0. The lowest BCUT2D eigenvalue weighted by Crippen LogP contribution is -2.38. The first-order valence-corrected chi connectivity index (χ1v) is 8.65. The predicted octanol–water partition coefficient (Wildman–Crippen LogP) is 3.26. The number of fused-ring (bicyclic) bond motifs is 1. The molecule has 0 saturated heterocycles. The van der Waals surface area contributed by atoms with Crippen LogP contribution in [-0.4, -0.2) is 39.2 Å². The lowest BCUT2D eigenvalue weighted by Gasteiger charge is -2.28. The molecule has 0 unspecified atom stereocenters. The summed E-state index contributed by atoms with van der Waals surface area (Å²) in [5, 5.41) is 9.26. The number of aromatic nitrogens is 3. The molecular weight excluding hydrogens is 352 g/mol. The van der Waals surface area contributed by atoms with Crippen molar-refractivity contribution in [1.82, 2.24) is 19.7 Å². The van der Waals surface area contributed by atoms with Gasteiger partial charge in [-0.15, -0.1) is 10.2 Å². The van der Waals surface area contributed by atoms with Crippen LogP contribution in [0.4, 0.5) is 0 Å². The highest BCUT2D eigenvalue weighted by atomic mass is 35.5. The molecule has 26 heavy (non-hydrogen) atoms. The molecule has 0 radical (unpaired) electrons. The molecule has 1 aromatic heterocycles. The van der Waals surface area contributed by atoms with Crippen molar-refractivity contribution in [3.63, 3.8) is 0 Å². The molecular formula is C19H17ClN4O2. The average molecular weight is 369 g/mol. The summed E-state index contributed by atoms with van der Waals surface area (Å²) >= 11 is 5.95. The van der Waals surface area contributed by atoms with Gasteiger partial charge in [0.05, 0.1) is 13.7 Å². The van der Waals surface area contributed by atoms with Crippen LogP contribution in [-0.2, 0) is 13.1 Å². The topological polar surface area (TPSA) is 60.2 Å². The quantitative estimate of drug-likeness (QED) is 0.712. The maximum absolute atomic E-state index is 12.7. The van der Waals surface area contributed by atoms with E-state index < -0.39 is 0 Å². The molecule has 0 bridgehead atoms. The van der Waals surface area contributed by atoms with Gasteiger partial charge in [-0.1, -0.05) is 11.6 Å². The van der Waals surface area contributed by atoms with Crippen molar-refractivity contribution >= 4 is 17.5 Å². The van der Waals surface area contributed by atoms with Gasteiger partial charge in [-0.3, -0.25) is 4.79 Å². The first-order chi connectivity index (χ1) is 12.7. The van der Waals surface area contributed by atoms with Crippen LogP contribution < -0.4 is 4.74 Å². The number of carbonyl (C=O) groups is 1. The molecule has 6 nitrogen and oxygen atoms in total. The number of rotatable bonds is 3. The van der Waals surface area contributed by atoms with Crippen molar-refractivity contribution in [2.24, 2.45) is 0 Å². The Bertz CT molecular complexity index is 935. The van der Waals surface area contributed by atoms with Gasteiger partial charge in [0.2, 0.25) is 0 Å². The van der Waals surface area contributed by atoms with Crippen molar-refractivity contribution < 1.29 is 9.53 Å². The smallest absolute Gasteiger partial charge is 0.254 e. The van der Waals surface area contributed by atoms with Crippen LogP contribution in [0.3, 0.4) is 0 Å². The zero-order valence-electron chi connectivity index (χ0n) is 14.2. The Balaban J connectivity index is 1.55. The van der Waals surface area contributed by atoms with Crippen LogP contribution in [0, 0.1) is 0 Å². The van der Waals surface area contributed by atoms with Crippen LogP contribution in [0.15, 0.2) is 48.5 Å². The third-order valence-corrected chi connectivity index (χ3v) is 4.73. The molecule has 2 heterocycles. The second kappa shape index (κ2) is 6.80. The summed E-state index contributed by atoms with van der Waals surface area (Å²) in [6, 6.07) is 14.7. The highest BCUT2D eigenvalue weighted by Gasteiger charge is 2.25. The third-order valence-electron chi connectivity index (χ3n) is 4.48. The summed E-state index contributed by atoms with van der Waals surface area (Å²) in [4.78, 5) is 14.5. The van der Waals surface area contributed by atoms with E-state index in [0.29, 0.717) is 30.2 Å². The summed E-state index contributed by atoms with van der Waals surface area (Å²) in [6.07, 6.45) is 0. The van der Waals surface area contributed by atoms with Crippen molar-refractivity contribution in [2.45, 2.75) is 13.1 Å². The lowest BCUT2D eigenvalue weighted by molar-refractivity contribution is 0.0708. The number of hydrogen-bond donors (Lipinski definition) is 0. The molecule has 0 fully saturated rings. The van der Waals surface area contributed by atoms with Crippen LogP contribution in [0.25, 0.3) is 11.4 Å². The van der Waals surface area contributed by atoms with E-state index in [0.717, 1.165) is 23.0 Å². The Hall–Kier alpha value is -2.86. The highest BCUT2D eigenvalue weighted by molar-refractivity contribution is 6.30. The number of nitrogens with zero attached hydrogens (tertiary/aromatic N) is 4. The van der Waals surface area contributed by atoms with E-state index in [1.165, 1.54) is 0 Å². The Morgan fingerprint density at radius 3 is 2.46 bits per heavy atom. The largest absolute Gasteiger partial charge is 0.497 e. The minimum atomic E-state index is -0.0186. The van der Waals surface area contributed by atoms with E-state index in [4.69, 9.17) is 16.3 Å². The molecule has 0 N–H and O–H groups in total. The fourth-order valence-electron chi connectivity index (χ4n) is 3.06. The number of hydrogen-bond acceptors (Lipinski definition) is 4. The van der Waals surface area contributed by atoms with Crippen molar-refractivity contribution in [2.75, 3.05) is 13.7 Å². The van der Waals surface area contributed by atoms with Gasteiger partial charge >= 0.3 is 0 Å². The van der Waals surface area contributed by atoms with Crippen molar-refractivity contribution in [1.29, 1.82) is 0 Å². The van der Waals surface area contributed by atoms with Gasteiger partial charge in [0.15, 0.2) is 11.6 Å². The molecule has 0 aliphatic carbocycles. The molecule has 1 aliphatic rings. The van der Waals surface area contributed by atoms with Gasteiger partial charge in [-0.2, -0.15) is 0 Å². The van der Waals surface area contributed by atoms with E-state index in [1.807, 2.05) is 24.3 Å². The molecule has 132 valence electrons. The second-order valence-corrected chi connectivity index (χ2v) is 6.49. The van der Waals surface area contributed by atoms with Gasteiger partial charge in [0.25, 0.3) is 5.91 Å². The first kappa shape index (κ1) is 16.6. The number of benzene rings is 2. The number of amides is 1. The number of methoxy groups -OCH3 is 1. The molecule has 7 heteroatoms. The van der Waals surface area contributed by atoms with E-state index >= 15 is 0 Å². The molecule has 0 saturated carbocycles. The molecule has 4 rings (SSSR count). The van der Waals surface area contributed by atoms with Crippen LogP contribution in [0.5, 0.6) is 5.75 Å². The van der Waals surface area contributed by atoms with Gasteiger partial charge in [0.1, 0.15) is 5.75 Å². The highest BCUT2D eigenvalue weighted by Crippen LogP contribution is 2.24. The lowest BCUT2D eigenvalue weighted by atomic mass is 10.1.